The third-order valence-corrected chi connectivity index (χ3v) is 5.71. The number of benzene rings is 1. The maximum absolute atomic E-state index is 13.5. The van der Waals surface area contributed by atoms with E-state index in [1.807, 2.05) is 61.7 Å². The van der Waals surface area contributed by atoms with E-state index in [1.54, 1.807) is 0 Å². The first-order valence-electron chi connectivity index (χ1n) is 9.07. The van der Waals surface area contributed by atoms with Crippen LogP contribution in [0.25, 0.3) is 0 Å². The first-order valence-corrected chi connectivity index (χ1v) is 9.86. The number of hydrogen-bond donors (Lipinski definition) is 0. The summed E-state index contributed by atoms with van der Waals surface area (Å²) < 4.78 is 8.64. The molecule has 6 heteroatoms. The number of hydrogen-bond acceptors (Lipinski definition) is 3. The summed E-state index contributed by atoms with van der Waals surface area (Å²) in [4.78, 5) is 15.3. The largest absolute Gasteiger partial charge is 0.376 e. The molecule has 1 aliphatic heterocycles. The Morgan fingerprint density at radius 3 is 2.62 bits per heavy atom. The van der Waals surface area contributed by atoms with Gasteiger partial charge in [0.15, 0.2) is 0 Å². The lowest BCUT2D eigenvalue weighted by molar-refractivity contribution is -0.120. The minimum absolute atomic E-state index is 0.0852. The van der Waals surface area contributed by atoms with E-state index in [0.717, 1.165) is 46.6 Å². The van der Waals surface area contributed by atoms with Gasteiger partial charge in [0.25, 0.3) is 0 Å². The molecule has 1 amide bonds. The van der Waals surface area contributed by atoms with Crippen molar-refractivity contribution in [3.63, 3.8) is 0 Å². The second-order valence-electron chi connectivity index (χ2n) is 6.99. The number of anilines is 1. The van der Waals surface area contributed by atoms with Gasteiger partial charge in [0.1, 0.15) is 0 Å². The van der Waals surface area contributed by atoms with E-state index in [-0.39, 0.29) is 17.9 Å². The summed E-state index contributed by atoms with van der Waals surface area (Å²) in [5.41, 5.74) is 3.88. The normalized spacial score (nSPS) is 18.1. The molecule has 26 heavy (non-hydrogen) atoms. The molecule has 0 radical (unpaired) electrons. The number of aryl methyl sites for hydroxylation is 2. The van der Waals surface area contributed by atoms with Crippen molar-refractivity contribution in [2.24, 2.45) is 7.05 Å². The molecular formula is C20H26BrN3O2. The van der Waals surface area contributed by atoms with Gasteiger partial charge in [-0.05, 0) is 57.9 Å². The van der Waals surface area contributed by atoms with Gasteiger partial charge < -0.3 is 9.64 Å². The zero-order chi connectivity index (χ0) is 18.8. The molecule has 2 atom stereocenters. The summed E-state index contributed by atoms with van der Waals surface area (Å²) in [6, 6.07) is 7.89. The molecule has 2 heterocycles. The highest BCUT2D eigenvalue weighted by atomic mass is 79.9. The minimum Gasteiger partial charge on any atom is -0.376 e. The molecule has 1 aliphatic rings. The highest BCUT2D eigenvalue weighted by Gasteiger charge is 2.30. The molecule has 0 aliphatic carbocycles. The Bertz CT molecular complexity index is 779. The number of halogens is 1. The predicted octanol–water partition coefficient (Wildman–Crippen LogP) is 4.12. The van der Waals surface area contributed by atoms with E-state index in [9.17, 15) is 4.79 Å². The molecule has 2 unspecified atom stereocenters. The first kappa shape index (κ1) is 19.1. The van der Waals surface area contributed by atoms with Crippen LogP contribution in [-0.4, -0.2) is 34.9 Å². The molecular weight excluding hydrogens is 394 g/mol. The van der Waals surface area contributed by atoms with Crippen LogP contribution in [0.1, 0.15) is 42.6 Å². The summed E-state index contributed by atoms with van der Waals surface area (Å²) in [7, 11) is 1.92. The molecule has 140 valence electrons. The number of amides is 1. The average Bonchev–Trinajstić information content (AvgIpc) is 3.21. The molecule has 3 rings (SSSR count). The average molecular weight is 420 g/mol. The van der Waals surface area contributed by atoms with Crippen LogP contribution < -0.4 is 4.90 Å². The van der Waals surface area contributed by atoms with Gasteiger partial charge in [-0.3, -0.25) is 9.48 Å². The SMILES string of the molecule is Cc1nn(C)c(C)c1C(C)C(=O)N(CC1CCCO1)c1ccc(Br)cc1. The fourth-order valence-electron chi connectivity index (χ4n) is 3.71. The fourth-order valence-corrected chi connectivity index (χ4v) is 3.97. The quantitative estimate of drug-likeness (QED) is 0.732. The molecule has 1 fully saturated rings. The molecule has 5 nitrogen and oxygen atoms in total. The molecule has 2 aromatic rings. The fraction of sp³-hybridized carbons (Fsp3) is 0.500. The van der Waals surface area contributed by atoms with E-state index in [4.69, 9.17) is 4.74 Å². The number of ether oxygens (including phenoxy) is 1. The van der Waals surface area contributed by atoms with Gasteiger partial charge >= 0.3 is 0 Å². The second kappa shape index (κ2) is 7.92. The Labute approximate surface area is 163 Å². The molecule has 1 aromatic heterocycles. The second-order valence-corrected chi connectivity index (χ2v) is 7.91. The van der Waals surface area contributed by atoms with Crippen LogP contribution >= 0.6 is 15.9 Å². The van der Waals surface area contributed by atoms with Crippen LogP contribution in [0, 0.1) is 13.8 Å². The van der Waals surface area contributed by atoms with Crippen LogP contribution in [0.4, 0.5) is 5.69 Å². The van der Waals surface area contributed by atoms with Gasteiger partial charge in [-0.25, -0.2) is 0 Å². The van der Waals surface area contributed by atoms with E-state index < -0.39 is 0 Å². The number of aromatic nitrogens is 2. The number of carbonyl (C=O) groups excluding carboxylic acids is 1. The molecule has 0 N–H and O–H groups in total. The maximum Gasteiger partial charge on any atom is 0.234 e. The van der Waals surface area contributed by atoms with Crippen molar-refractivity contribution in [3.05, 3.63) is 45.7 Å². The van der Waals surface area contributed by atoms with Crippen LogP contribution in [0.2, 0.25) is 0 Å². The molecule has 0 spiro atoms. The Balaban J connectivity index is 1.91. The van der Waals surface area contributed by atoms with Gasteiger partial charge in [-0.15, -0.1) is 0 Å². The van der Waals surface area contributed by atoms with Crippen molar-refractivity contribution in [2.45, 2.75) is 45.6 Å². The van der Waals surface area contributed by atoms with Gasteiger partial charge in [0.2, 0.25) is 5.91 Å². The summed E-state index contributed by atoms with van der Waals surface area (Å²) >= 11 is 3.47. The van der Waals surface area contributed by atoms with Crippen molar-refractivity contribution in [1.82, 2.24) is 9.78 Å². The van der Waals surface area contributed by atoms with Crippen molar-refractivity contribution in [1.29, 1.82) is 0 Å². The summed E-state index contributed by atoms with van der Waals surface area (Å²) in [5.74, 6) is -0.171. The maximum atomic E-state index is 13.5. The predicted molar refractivity (Wildman–Crippen MR) is 107 cm³/mol. The Hall–Kier alpha value is -1.66. The minimum atomic E-state index is -0.256. The lowest BCUT2D eigenvalue weighted by atomic mass is 9.97. The van der Waals surface area contributed by atoms with Crippen molar-refractivity contribution >= 4 is 27.5 Å². The zero-order valence-electron chi connectivity index (χ0n) is 15.8. The number of carbonyl (C=O) groups is 1. The third-order valence-electron chi connectivity index (χ3n) is 5.18. The smallest absolute Gasteiger partial charge is 0.234 e. The van der Waals surface area contributed by atoms with Gasteiger partial charge in [-0.2, -0.15) is 5.10 Å². The third kappa shape index (κ3) is 3.86. The first-order chi connectivity index (χ1) is 12.4. The lowest BCUT2D eigenvalue weighted by Crippen LogP contribution is -2.40. The Morgan fingerprint density at radius 2 is 2.08 bits per heavy atom. The van der Waals surface area contributed by atoms with E-state index in [2.05, 4.69) is 21.0 Å². The molecule has 1 aromatic carbocycles. The Kier molecular flexibility index (Phi) is 5.82. The Morgan fingerprint density at radius 1 is 1.38 bits per heavy atom. The monoisotopic (exact) mass is 419 g/mol. The lowest BCUT2D eigenvalue weighted by Gasteiger charge is -2.28. The standard InChI is InChI=1S/C20H26BrN3O2/c1-13(19-14(2)22-23(4)15(19)3)20(25)24(12-18-6-5-11-26-18)17-9-7-16(21)8-10-17/h7-10,13,18H,5-6,11-12H2,1-4H3. The van der Waals surface area contributed by atoms with Gasteiger partial charge in [0, 0.05) is 35.1 Å². The van der Waals surface area contributed by atoms with E-state index in [1.165, 1.54) is 0 Å². The number of nitrogens with zero attached hydrogens (tertiary/aromatic N) is 3. The van der Waals surface area contributed by atoms with Crippen LogP contribution in [0.5, 0.6) is 0 Å². The van der Waals surface area contributed by atoms with Gasteiger partial charge in [0.05, 0.1) is 24.3 Å². The zero-order valence-corrected chi connectivity index (χ0v) is 17.4. The van der Waals surface area contributed by atoms with Crippen molar-refractivity contribution in [2.75, 3.05) is 18.1 Å². The van der Waals surface area contributed by atoms with Gasteiger partial charge in [-0.1, -0.05) is 15.9 Å². The summed E-state index contributed by atoms with van der Waals surface area (Å²) in [5, 5.41) is 4.48. The van der Waals surface area contributed by atoms with Crippen LogP contribution in [-0.2, 0) is 16.6 Å². The summed E-state index contributed by atoms with van der Waals surface area (Å²) in [6.45, 7) is 7.33. The van der Waals surface area contributed by atoms with Crippen molar-refractivity contribution in [3.8, 4) is 0 Å². The number of rotatable bonds is 5. The topological polar surface area (TPSA) is 47.4 Å². The molecule has 0 bridgehead atoms. The van der Waals surface area contributed by atoms with E-state index >= 15 is 0 Å². The van der Waals surface area contributed by atoms with Crippen molar-refractivity contribution < 1.29 is 9.53 Å². The summed E-state index contributed by atoms with van der Waals surface area (Å²) in [6.07, 6.45) is 2.16. The van der Waals surface area contributed by atoms with Crippen LogP contribution in [0.15, 0.2) is 28.7 Å². The molecule has 0 saturated carbocycles. The van der Waals surface area contributed by atoms with E-state index in [0.29, 0.717) is 6.54 Å². The van der Waals surface area contributed by atoms with Crippen LogP contribution in [0.3, 0.4) is 0 Å². The molecule has 1 saturated heterocycles. The highest BCUT2D eigenvalue weighted by Crippen LogP contribution is 2.29. The highest BCUT2D eigenvalue weighted by molar-refractivity contribution is 9.10.